The molecule has 0 fully saturated rings. The van der Waals surface area contributed by atoms with Crippen LogP contribution in [0.2, 0.25) is 20.1 Å². The van der Waals surface area contributed by atoms with E-state index in [1.165, 1.54) is 30.3 Å². The standard InChI is InChI=1S/C16H15Cl2NO3.C16H13Cl2NO3.CH4O.B.Na.H/c2*17-13-8-7-11(15(18)10-13)3-2-6-16(20)12-4-1-5-14(9-12)19(21)22;1-2;;;/h1,4-5,7-10,16,20H,2-3,6H2;1,4-5,7-10H,2-3,6H2;2H,1H3;;;/q;;;;+1;-1. The number of aliphatic hydroxyl groups is 2. The summed E-state index contributed by atoms with van der Waals surface area (Å²) in [4.78, 5) is 32.5. The molecule has 2 N–H and O–H groups in total. The number of hydrogen-bond donors (Lipinski definition) is 2. The molecule has 0 spiro atoms. The largest absolute Gasteiger partial charge is 1.00 e. The van der Waals surface area contributed by atoms with Gasteiger partial charge in [-0.1, -0.05) is 82.8 Å². The molecule has 3 radical (unpaired) electrons. The molecular weight excluding hydrogens is 712 g/mol. The average Bonchev–Trinajstić information content (AvgIpc) is 3.04. The normalized spacial score (nSPS) is 10.5. The molecule has 0 aliphatic carbocycles. The fraction of sp³-hybridized carbons (Fsp3) is 0.242. The van der Waals surface area contributed by atoms with E-state index in [1.54, 1.807) is 42.5 Å². The Morgan fingerprint density at radius 1 is 0.750 bits per heavy atom. The molecule has 9 nitrogen and oxygen atoms in total. The van der Waals surface area contributed by atoms with Crippen LogP contribution in [0, 0.1) is 20.2 Å². The van der Waals surface area contributed by atoms with Crippen LogP contribution in [-0.2, 0) is 12.8 Å². The van der Waals surface area contributed by atoms with Gasteiger partial charge in [0.15, 0.2) is 5.78 Å². The quantitative estimate of drug-likeness (QED) is 0.0739. The Kier molecular flexibility index (Phi) is 22.5. The number of carbonyl (C=O) groups is 1. The van der Waals surface area contributed by atoms with Gasteiger partial charge in [0.2, 0.25) is 0 Å². The fourth-order valence-electron chi connectivity index (χ4n) is 4.32. The van der Waals surface area contributed by atoms with E-state index in [-0.39, 0.29) is 56.6 Å². The maximum atomic E-state index is 12.1. The molecule has 0 bridgehead atoms. The number of benzene rings is 4. The van der Waals surface area contributed by atoms with Gasteiger partial charge in [0.1, 0.15) is 0 Å². The van der Waals surface area contributed by atoms with Gasteiger partial charge in [-0.25, -0.2) is 0 Å². The molecule has 4 aromatic carbocycles. The van der Waals surface area contributed by atoms with Crippen LogP contribution in [0.1, 0.15) is 60.3 Å². The van der Waals surface area contributed by atoms with Gasteiger partial charge in [0, 0.05) is 71.9 Å². The first-order chi connectivity index (χ1) is 21.9. The monoisotopic (exact) mass is 743 g/mol. The number of aliphatic hydroxyl groups excluding tert-OH is 2. The number of nitrogens with zero attached hydrogens (tertiary/aromatic N) is 2. The van der Waals surface area contributed by atoms with E-state index in [2.05, 4.69) is 0 Å². The number of hydrogen-bond acceptors (Lipinski definition) is 7. The van der Waals surface area contributed by atoms with Gasteiger partial charge in [-0.15, -0.1) is 0 Å². The summed E-state index contributed by atoms with van der Waals surface area (Å²) in [5.41, 5.74) is 2.71. The molecule has 0 aliphatic rings. The minimum atomic E-state index is -0.731. The summed E-state index contributed by atoms with van der Waals surface area (Å²) in [6.45, 7) is 0. The van der Waals surface area contributed by atoms with Crippen molar-refractivity contribution >= 4 is 72.0 Å². The molecule has 249 valence electrons. The van der Waals surface area contributed by atoms with Gasteiger partial charge in [0.25, 0.3) is 11.4 Å². The Morgan fingerprint density at radius 3 is 1.73 bits per heavy atom. The predicted octanol–water partition coefficient (Wildman–Crippen LogP) is 6.41. The average molecular weight is 745 g/mol. The summed E-state index contributed by atoms with van der Waals surface area (Å²) >= 11 is 23.8. The molecule has 0 saturated carbocycles. The number of rotatable bonds is 12. The third-order valence-corrected chi connectivity index (χ3v) is 7.82. The summed E-state index contributed by atoms with van der Waals surface area (Å²) in [7, 11) is 1.00. The second kappa shape index (κ2) is 23.8. The summed E-state index contributed by atoms with van der Waals surface area (Å²) in [6, 6.07) is 22.4. The number of Topliss-reactive ketones (excluding diaryl/α,β-unsaturated/α-hetero) is 1. The smallest absolute Gasteiger partial charge is 1.00 e. The van der Waals surface area contributed by atoms with Crippen molar-refractivity contribution in [2.75, 3.05) is 7.11 Å². The number of nitro groups is 2. The third kappa shape index (κ3) is 15.4. The second-order valence-corrected chi connectivity index (χ2v) is 11.5. The number of carbonyl (C=O) groups excluding carboxylic acids is 1. The topological polar surface area (TPSA) is 144 Å². The van der Waals surface area contributed by atoms with Gasteiger partial charge >= 0.3 is 29.6 Å². The van der Waals surface area contributed by atoms with Crippen molar-refractivity contribution in [2.45, 2.75) is 44.6 Å². The van der Waals surface area contributed by atoms with Gasteiger partial charge in [0.05, 0.1) is 16.0 Å². The Labute approximate surface area is 324 Å². The first kappa shape index (κ1) is 45.5. The Bertz CT molecular complexity index is 1660. The molecule has 15 heteroatoms. The first-order valence-corrected chi connectivity index (χ1v) is 15.5. The number of ketones is 1. The van der Waals surface area contributed by atoms with Crippen LogP contribution in [-0.4, -0.2) is 41.4 Å². The molecule has 1 unspecified atom stereocenters. The van der Waals surface area contributed by atoms with Crippen LogP contribution in [0.4, 0.5) is 11.4 Å². The van der Waals surface area contributed by atoms with Crippen LogP contribution < -0.4 is 29.6 Å². The molecule has 0 heterocycles. The van der Waals surface area contributed by atoms with Crippen LogP contribution in [0.15, 0.2) is 84.9 Å². The summed E-state index contributed by atoms with van der Waals surface area (Å²) in [5.74, 6) is -0.117. The van der Waals surface area contributed by atoms with E-state index >= 15 is 0 Å². The molecular formula is C33H33BCl4N2NaO7. The maximum Gasteiger partial charge on any atom is 1.00 e. The van der Waals surface area contributed by atoms with E-state index in [1.807, 2.05) is 12.1 Å². The Balaban J connectivity index is 0. The van der Waals surface area contributed by atoms with Crippen molar-refractivity contribution in [2.24, 2.45) is 0 Å². The summed E-state index contributed by atoms with van der Waals surface area (Å²) in [5, 5.41) is 40.9. The Morgan fingerprint density at radius 2 is 1.23 bits per heavy atom. The predicted molar refractivity (Wildman–Crippen MR) is 189 cm³/mol. The number of nitro benzene ring substituents is 2. The van der Waals surface area contributed by atoms with Crippen molar-refractivity contribution in [1.82, 2.24) is 0 Å². The minimum absolute atomic E-state index is 0. The summed E-state index contributed by atoms with van der Waals surface area (Å²) < 4.78 is 0. The molecule has 1 atom stereocenters. The molecule has 0 aromatic heterocycles. The second-order valence-electron chi connectivity index (χ2n) is 9.82. The molecule has 0 saturated heterocycles. The van der Waals surface area contributed by atoms with E-state index in [4.69, 9.17) is 51.5 Å². The first-order valence-electron chi connectivity index (χ1n) is 14.0. The molecule has 4 aromatic rings. The van der Waals surface area contributed by atoms with Gasteiger partial charge in [-0.3, -0.25) is 25.0 Å². The van der Waals surface area contributed by atoms with Crippen LogP contribution >= 0.6 is 46.4 Å². The third-order valence-electron chi connectivity index (χ3n) is 6.65. The van der Waals surface area contributed by atoms with E-state index in [0.29, 0.717) is 69.7 Å². The summed E-state index contributed by atoms with van der Waals surface area (Å²) in [6.07, 6.45) is 2.76. The molecule has 0 aliphatic heterocycles. The van der Waals surface area contributed by atoms with E-state index in [9.17, 15) is 30.1 Å². The minimum Gasteiger partial charge on any atom is -1.00 e. The van der Waals surface area contributed by atoms with Crippen LogP contribution in [0.25, 0.3) is 0 Å². The van der Waals surface area contributed by atoms with Crippen molar-refractivity contribution in [3.8, 4) is 0 Å². The zero-order valence-corrected chi connectivity index (χ0v) is 31.3. The van der Waals surface area contributed by atoms with Crippen molar-refractivity contribution in [3.63, 3.8) is 0 Å². The maximum absolute atomic E-state index is 12.1. The van der Waals surface area contributed by atoms with Crippen LogP contribution in [0.5, 0.6) is 0 Å². The van der Waals surface area contributed by atoms with Crippen molar-refractivity contribution in [3.05, 3.63) is 148 Å². The number of aryl methyl sites for hydroxylation is 2. The zero-order chi connectivity index (χ0) is 34.2. The van der Waals surface area contributed by atoms with Crippen LogP contribution in [0.3, 0.4) is 0 Å². The van der Waals surface area contributed by atoms with E-state index in [0.717, 1.165) is 18.2 Å². The molecule has 48 heavy (non-hydrogen) atoms. The molecule has 4 rings (SSSR count). The Hall–Kier alpha value is -2.51. The fourth-order valence-corrected chi connectivity index (χ4v) is 5.33. The number of non-ortho nitro benzene ring substituents is 2. The van der Waals surface area contributed by atoms with Gasteiger partial charge < -0.3 is 11.6 Å². The van der Waals surface area contributed by atoms with Gasteiger partial charge in [-0.2, -0.15) is 0 Å². The van der Waals surface area contributed by atoms with Crippen molar-refractivity contribution in [1.29, 1.82) is 0 Å². The van der Waals surface area contributed by atoms with Crippen molar-refractivity contribution < 1.29 is 55.8 Å². The van der Waals surface area contributed by atoms with E-state index < -0.39 is 16.0 Å². The SMILES string of the molecule is CO.O=C(CCCc1ccc(Cl)cc1Cl)c1cccc([N+](=O)[O-])c1.O=[N+]([O-])c1cccc(C(O)CCCc2ccc(Cl)cc2Cl)c1.[B].[H-].[Na+]. The number of halogens is 4. The molecule has 0 amide bonds. The zero-order valence-electron chi connectivity index (χ0n) is 27.3. The van der Waals surface area contributed by atoms with Gasteiger partial charge in [-0.05, 0) is 73.1 Å².